The second-order valence-electron chi connectivity index (χ2n) is 2.46. The van der Waals surface area contributed by atoms with Crippen LogP contribution in [0.5, 0.6) is 5.75 Å². The maximum absolute atomic E-state index is 8.55. The molecule has 0 spiro atoms. The van der Waals surface area contributed by atoms with Crippen molar-refractivity contribution in [3.05, 3.63) is 23.0 Å². The Labute approximate surface area is 81.9 Å². The number of hydrogen-bond donors (Lipinski definition) is 0. The van der Waals surface area contributed by atoms with Crippen LogP contribution >= 0.6 is 11.6 Å². The van der Waals surface area contributed by atoms with Crippen LogP contribution < -0.4 is 4.74 Å². The number of nitriles is 1. The smallest absolute Gasteiger partial charge is 0.159 e. The molecule has 1 aromatic heterocycles. The lowest BCUT2D eigenvalue weighted by Gasteiger charge is -2.03. The molecule has 1 heterocycles. The summed E-state index contributed by atoms with van der Waals surface area (Å²) < 4.78 is 5.28. The van der Waals surface area contributed by atoms with Crippen molar-refractivity contribution in [3.63, 3.8) is 0 Å². The minimum Gasteiger partial charge on any atom is -0.492 e. The van der Waals surface area contributed by atoms with Gasteiger partial charge in [-0.3, -0.25) is 0 Å². The maximum atomic E-state index is 8.55. The average molecular weight is 197 g/mol. The molecule has 0 aliphatic rings. The summed E-state index contributed by atoms with van der Waals surface area (Å²) in [7, 11) is 0. The molecule has 0 fully saturated rings. The Bertz CT molecular complexity index is 333. The highest BCUT2D eigenvalue weighted by Gasteiger charge is 2.02. The van der Waals surface area contributed by atoms with Crippen molar-refractivity contribution >= 4 is 11.6 Å². The van der Waals surface area contributed by atoms with Crippen molar-refractivity contribution in [3.8, 4) is 11.8 Å². The van der Waals surface area contributed by atoms with Crippen LogP contribution in [0.2, 0.25) is 5.02 Å². The van der Waals surface area contributed by atoms with E-state index in [-0.39, 0.29) is 5.69 Å². The van der Waals surface area contributed by atoms with Gasteiger partial charge in [0.05, 0.1) is 17.8 Å². The third-order valence-corrected chi connectivity index (χ3v) is 1.68. The number of nitrogens with zero attached hydrogens (tertiary/aromatic N) is 2. The molecular weight excluding hydrogens is 188 g/mol. The molecule has 1 rings (SSSR count). The van der Waals surface area contributed by atoms with E-state index in [4.69, 9.17) is 21.6 Å². The lowest BCUT2D eigenvalue weighted by atomic mass is 10.3. The van der Waals surface area contributed by atoms with Gasteiger partial charge in [0.15, 0.2) is 5.69 Å². The number of rotatable bonds is 3. The van der Waals surface area contributed by atoms with Gasteiger partial charge in [0.2, 0.25) is 0 Å². The van der Waals surface area contributed by atoms with Gasteiger partial charge in [-0.1, -0.05) is 18.5 Å². The molecule has 0 amide bonds. The van der Waals surface area contributed by atoms with E-state index in [0.29, 0.717) is 17.4 Å². The molecule has 68 valence electrons. The monoisotopic (exact) mass is 196 g/mol. The molecule has 3 nitrogen and oxygen atoms in total. The Hall–Kier alpha value is -1.27. The van der Waals surface area contributed by atoms with E-state index in [1.807, 2.05) is 13.0 Å². The van der Waals surface area contributed by atoms with Gasteiger partial charge in [0.25, 0.3) is 0 Å². The summed E-state index contributed by atoms with van der Waals surface area (Å²) in [5.74, 6) is 0.603. The third kappa shape index (κ3) is 2.60. The SMILES string of the molecule is CCCOc1cnc(C#N)c(Cl)c1. The van der Waals surface area contributed by atoms with Gasteiger partial charge in [-0.2, -0.15) is 5.26 Å². The largest absolute Gasteiger partial charge is 0.492 e. The van der Waals surface area contributed by atoms with Crippen molar-refractivity contribution in [2.45, 2.75) is 13.3 Å². The van der Waals surface area contributed by atoms with Crippen molar-refractivity contribution in [2.24, 2.45) is 0 Å². The minimum atomic E-state index is 0.227. The molecule has 0 aliphatic heterocycles. The molecule has 4 heteroatoms. The van der Waals surface area contributed by atoms with E-state index in [9.17, 15) is 0 Å². The zero-order valence-electron chi connectivity index (χ0n) is 7.25. The van der Waals surface area contributed by atoms with E-state index in [1.54, 1.807) is 6.07 Å². The lowest BCUT2D eigenvalue weighted by Crippen LogP contribution is -1.96. The predicted octanol–water partition coefficient (Wildman–Crippen LogP) is 2.40. The first-order valence-corrected chi connectivity index (χ1v) is 4.34. The molecular formula is C9H9ClN2O. The molecule has 0 N–H and O–H groups in total. The Morgan fingerprint density at radius 1 is 1.69 bits per heavy atom. The van der Waals surface area contributed by atoms with E-state index < -0.39 is 0 Å². The first kappa shape index (κ1) is 9.82. The van der Waals surface area contributed by atoms with Crippen LogP contribution in [0.1, 0.15) is 19.0 Å². The Balaban J connectivity index is 2.79. The summed E-state index contributed by atoms with van der Waals surface area (Å²) >= 11 is 5.74. The van der Waals surface area contributed by atoms with Crippen LogP contribution in [0.25, 0.3) is 0 Å². The number of ether oxygens (including phenoxy) is 1. The maximum Gasteiger partial charge on any atom is 0.159 e. The molecule has 13 heavy (non-hydrogen) atoms. The van der Waals surface area contributed by atoms with Crippen LogP contribution in [0.15, 0.2) is 12.3 Å². The van der Waals surface area contributed by atoms with Gasteiger partial charge >= 0.3 is 0 Å². The fraction of sp³-hybridized carbons (Fsp3) is 0.333. The average Bonchev–Trinajstić information content (AvgIpc) is 2.15. The first-order chi connectivity index (χ1) is 6.27. The van der Waals surface area contributed by atoms with Gasteiger partial charge in [-0.05, 0) is 6.42 Å². The fourth-order valence-electron chi connectivity index (χ4n) is 0.801. The fourth-order valence-corrected chi connectivity index (χ4v) is 1.00. The summed E-state index contributed by atoms with van der Waals surface area (Å²) in [6.07, 6.45) is 2.43. The molecule has 0 radical (unpaired) electrons. The van der Waals surface area contributed by atoms with Crippen LogP contribution in [-0.4, -0.2) is 11.6 Å². The predicted molar refractivity (Wildman–Crippen MR) is 49.7 cm³/mol. The van der Waals surface area contributed by atoms with Gasteiger partial charge in [0.1, 0.15) is 11.8 Å². The Morgan fingerprint density at radius 2 is 2.46 bits per heavy atom. The summed E-state index contributed by atoms with van der Waals surface area (Å²) in [6, 6.07) is 3.48. The Morgan fingerprint density at radius 3 is 3.00 bits per heavy atom. The number of pyridine rings is 1. The summed E-state index contributed by atoms with van der Waals surface area (Å²) in [6.45, 7) is 2.64. The zero-order valence-corrected chi connectivity index (χ0v) is 8.01. The third-order valence-electron chi connectivity index (χ3n) is 1.39. The van der Waals surface area contributed by atoms with Gasteiger partial charge in [-0.25, -0.2) is 4.98 Å². The van der Waals surface area contributed by atoms with E-state index >= 15 is 0 Å². The normalized spacial score (nSPS) is 9.31. The Kier molecular flexibility index (Phi) is 3.53. The standard InChI is InChI=1S/C9H9ClN2O/c1-2-3-13-7-4-8(10)9(5-11)12-6-7/h4,6H,2-3H2,1H3. The van der Waals surface area contributed by atoms with E-state index in [0.717, 1.165) is 6.42 Å². The highest BCUT2D eigenvalue weighted by atomic mass is 35.5. The van der Waals surface area contributed by atoms with Crippen molar-refractivity contribution in [1.29, 1.82) is 5.26 Å². The molecule has 0 atom stereocenters. The van der Waals surface area contributed by atoms with Gasteiger partial charge in [-0.15, -0.1) is 0 Å². The van der Waals surface area contributed by atoms with Crippen LogP contribution in [0.3, 0.4) is 0 Å². The molecule has 0 saturated heterocycles. The quantitative estimate of drug-likeness (QED) is 0.746. The first-order valence-electron chi connectivity index (χ1n) is 3.96. The lowest BCUT2D eigenvalue weighted by molar-refractivity contribution is 0.316. The molecule has 0 aliphatic carbocycles. The highest BCUT2D eigenvalue weighted by Crippen LogP contribution is 2.19. The summed E-state index contributed by atoms with van der Waals surface area (Å²) in [4.78, 5) is 3.83. The summed E-state index contributed by atoms with van der Waals surface area (Å²) in [5.41, 5.74) is 0.227. The van der Waals surface area contributed by atoms with Crippen LogP contribution in [0.4, 0.5) is 0 Å². The zero-order chi connectivity index (χ0) is 9.68. The number of hydrogen-bond acceptors (Lipinski definition) is 3. The van der Waals surface area contributed by atoms with E-state index in [1.165, 1.54) is 6.20 Å². The number of halogens is 1. The molecule has 0 saturated carbocycles. The second-order valence-corrected chi connectivity index (χ2v) is 2.87. The van der Waals surface area contributed by atoms with Crippen molar-refractivity contribution < 1.29 is 4.74 Å². The highest BCUT2D eigenvalue weighted by molar-refractivity contribution is 6.31. The molecule has 0 aromatic carbocycles. The number of aromatic nitrogens is 1. The van der Waals surface area contributed by atoms with Gasteiger partial charge in [0, 0.05) is 6.07 Å². The van der Waals surface area contributed by atoms with Crippen molar-refractivity contribution in [1.82, 2.24) is 4.98 Å². The minimum absolute atomic E-state index is 0.227. The van der Waals surface area contributed by atoms with Gasteiger partial charge < -0.3 is 4.74 Å². The van der Waals surface area contributed by atoms with Crippen LogP contribution in [0, 0.1) is 11.3 Å². The van der Waals surface area contributed by atoms with Crippen LogP contribution in [-0.2, 0) is 0 Å². The molecule has 1 aromatic rings. The van der Waals surface area contributed by atoms with E-state index in [2.05, 4.69) is 4.98 Å². The summed E-state index contributed by atoms with van der Waals surface area (Å²) in [5, 5.41) is 8.88. The molecule has 0 bridgehead atoms. The second kappa shape index (κ2) is 4.68. The topological polar surface area (TPSA) is 45.9 Å². The molecule has 0 unspecified atom stereocenters. The van der Waals surface area contributed by atoms with Crippen molar-refractivity contribution in [2.75, 3.05) is 6.61 Å².